The van der Waals surface area contributed by atoms with Crippen LogP contribution in [-0.2, 0) is 19.1 Å². The van der Waals surface area contributed by atoms with E-state index in [1.54, 1.807) is 6.92 Å². The van der Waals surface area contributed by atoms with Crippen LogP contribution in [0, 0.1) is 0 Å². The summed E-state index contributed by atoms with van der Waals surface area (Å²) in [5.41, 5.74) is 5.39. The highest BCUT2D eigenvalue weighted by Crippen LogP contribution is 2.12. The fourth-order valence-corrected chi connectivity index (χ4v) is 1.69. The summed E-state index contributed by atoms with van der Waals surface area (Å²) in [5.74, 6) is -2.27. The zero-order valence-corrected chi connectivity index (χ0v) is 12.8. The first-order valence-electron chi connectivity index (χ1n) is 6.87. The Morgan fingerprint density at radius 2 is 1.78 bits per heavy atom. The average molecular weight is 322 g/mol. The van der Waals surface area contributed by atoms with Gasteiger partial charge in [0, 0.05) is 12.5 Å². The minimum Gasteiger partial charge on any atom is -0.466 e. The Hall–Kier alpha value is -2.90. The van der Waals surface area contributed by atoms with Crippen molar-refractivity contribution in [3.05, 3.63) is 29.8 Å². The molecule has 2 amide bonds. The van der Waals surface area contributed by atoms with Crippen LogP contribution < -0.4 is 15.8 Å². The van der Waals surface area contributed by atoms with Gasteiger partial charge in [0.1, 0.15) is 11.8 Å². The van der Waals surface area contributed by atoms with Crippen molar-refractivity contribution >= 4 is 23.8 Å². The molecule has 23 heavy (non-hydrogen) atoms. The molecule has 0 aliphatic rings. The van der Waals surface area contributed by atoms with Crippen molar-refractivity contribution in [2.75, 3.05) is 6.61 Å². The SMILES string of the molecule is CCOC(=O)C[C@@H](NC(=O)c1ccc(OC(C)=O)cc1)C(N)=O. The summed E-state index contributed by atoms with van der Waals surface area (Å²) in [7, 11) is 0. The van der Waals surface area contributed by atoms with Gasteiger partial charge in [-0.05, 0) is 31.2 Å². The summed E-state index contributed by atoms with van der Waals surface area (Å²) < 4.78 is 9.56. The maximum absolute atomic E-state index is 12.1. The third kappa shape index (κ3) is 6.16. The number of nitrogens with two attached hydrogens (primary N) is 1. The van der Waals surface area contributed by atoms with E-state index in [-0.39, 0.29) is 24.3 Å². The predicted octanol–water partition coefficient (Wildman–Crippen LogP) is 0.149. The van der Waals surface area contributed by atoms with Crippen LogP contribution in [-0.4, -0.2) is 36.4 Å². The van der Waals surface area contributed by atoms with Crippen LogP contribution in [0.5, 0.6) is 5.75 Å². The van der Waals surface area contributed by atoms with Gasteiger partial charge in [-0.1, -0.05) is 0 Å². The first-order valence-corrected chi connectivity index (χ1v) is 6.87. The minimum absolute atomic E-state index is 0.163. The molecular formula is C15H18N2O6. The molecule has 3 N–H and O–H groups in total. The van der Waals surface area contributed by atoms with E-state index < -0.39 is 29.8 Å². The molecule has 8 nitrogen and oxygen atoms in total. The second-order valence-electron chi connectivity index (χ2n) is 4.56. The molecule has 0 spiro atoms. The van der Waals surface area contributed by atoms with Crippen LogP contribution in [0.1, 0.15) is 30.6 Å². The number of hydrogen-bond donors (Lipinski definition) is 2. The highest BCUT2D eigenvalue weighted by Gasteiger charge is 2.22. The lowest BCUT2D eigenvalue weighted by Gasteiger charge is -2.14. The van der Waals surface area contributed by atoms with E-state index in [0.29, 0.717) is 0 Å². The number of carbonyl (C=O) groups is 4. The number of primary amides is 1. The second kappa shape index (κ2) is 8.52. The standard InChI is InChI=1S/C15H18N2O6/c1-3-22-13(19)8-12(14(16)20)17-15(21)10-4-6-11(7-5-10)23-9(2)18/h4-7,12H,3,8H2,1-2H3,(H2,16,20)(H,17,21)/t12-/m1/s1. The summed E-state index contributed by atoms with van der Waals surface area (Å²) in [5, 5.41) is 2.36. The minimum atomic E-state index is -1.17. The summed E-state index contributed by atoms with van der Waals surface area (Å²) in [6.45, 7) is 3.05. The van der Waals surface area contributed by atoms with Crippen LogP contribution in [0.15, 0.2) is 24.3 Å². The van der Waals surface area contributed by atoms with Gasteiger partial charge < -0.3 is 20.5 Å². The van der Waals surface area contributed by atoms with Crippen molar-refractivity contribution in [3.8, 4) is 5.75 Å². The Kier molecular flexibility index (Phi) is 6.72. The van der Waals surface area contributed by atoms with Crippen LogP contribution in [0.3, 0.4) is 0 Å². The van der Waals surface area contributed by atoms with Gasteiger partial charge in [-0.3, -0.25) is 19.2 Å². The van der Waals surface area contributed by atoms with E-state index in [1.807, 2.05) is 0 Å². The van der Waals surface area contributed by atoms with Gasteiger partial charge in [-0.15, -0.1) is 0 Å². The fraction of sp³-hybridized carbons (Fsp3) is 0.333. The van der Waals surface area contributed by atoms with Crippen molar-refractivity contribution in [1.29, 1.82) is 0 Å². The molecule has 0 unspecified atom stereocenters. The molecule has 124 valence electrons. The van der Waals surface area contributed by atoms with Crippen molar-refractivity contribution in [1.82, 2.24) is 5.32 Å². The topological polar surface area (TPSA) is 125 Å². The lowest BCUT2D eigenvalue weighted by atomic mass is 10.1. The molecule has 0 aromatic heterocycles. The Bertz CT molecular complexity index is 596. The molecule has 0 heterocycles. The van der Waals surface area contributed by atoms with Crippen LogP contribution in [0.4, 0.5) is 0 Å². The van der Waals surface area contributed by atoms with E-state index >= 15 is 0 Å². The average Bonchev–Trinajstić information content (AvgIpc) is 2.46. The van der Waals surface area contributed by atoms with Crippen molar-refractivity contribution in [2.24, 2.45) is 5.73 Å². The Balaban J connectivity index is 2.73. The van der Waals surface area contributed by atoms with Crippen molar-refractivity contribution in [3.63, 3.8) is 0 Å². The molecular weight excluding hydrogens is 304 g/mol. The third-order valence-corrected chi connectivity index (χ3v) is 2.70. The molecule has 0 radical (unpaired) electrons. The monoisotopic (exact) mass is 322 g/mol. The van der Waals surface area contributed by atoms with E-state index in [0.717, 1.165) is 0 Å². The van der Waals surface area contributed by atoms with E-state index in [9.17, 15) is 19.2 Å². The Labute approximate surface area is 132 Å². The fourth-order valence-electron chi connectivity index (χ4n) is 1.69. The summed E-state index contributed by atoms with van der Waals surface area (Å²) in [6, 6.07) is 4.52. The Morgan fingerprint density at radius 1 is 1.17 bits per heavy atom. The van der Waals surface area contributed by atoms with Gasteiger partial charge in [0.05, 0.1) is 13.0 Å². The summed E-state index contributed by atoms with van der Waals surface area (Å²) in [4.78, 5) is 45.6. The molecule has 1 atom stereocenters. The molecule has 1 rings (SSSR count). The van der Waals surface area contributed by atoms with Gasteiger partial charge >= 0.3 is 11.9 Å². The van der Waals surface area contributed by atoms with Crippen LogP contribution in [0.25, 0.3) is 0 Å². The van der Waals surface area contributed by atoms with Crippen molar-refractivity contribution < 1.29 is 28.7 Å². The van der Waals surface area contributed by atoms with Gasteiger partial charge in [0.2, 0.25) is 5.91 Å². The predicted molar refractivity (Wildman–Crippen MR) is 79.4 cm³/mol. The van der Waals surface area contributed by atoms with Gasteiger partial charge in [-0.25, -0.2) is 0 Å². The largest absolute Gasteiger partial charge is 0.466 e. The number of benzene rings is 1. The lowest BCUT2D eigenvalue weighted by Crippen LogP contribution is -2.45. The van der Waals surface area contributed by atoms with Crippen LogP contribution >= 0.6 is 0 Å². The lowest BCUT2D eigenvalue weighted by molar-refractivity contribution is -0.145. The number of esters is 2. The second-order valence-corrected chi connectivity index (χ2v) is 4.56. The van der Waals surface area contributed by atoms with E-state index in [4.69, 9.17) is 15.2 Å². The maximum atomic E-state index is 12.1. The number of nitrogens with one attached hydrogen (secondary N) is 1. The zero-order chi connectivity index (χ0) is 17.4. The summed E-state index contributed by atoms with van der Waals surface area (Å²) >= 11 is 0. The number of hydrogen-bond acceptors (Lipinski definition) is 6. The number of rotatable bonds is 7. The molecule has 0 aliphatic carbocycles. The molecule has 0 aliphatic heterocycles. The third-order valence-electron chi connectivity index (χ3n) is 2.70. The quantitative estimate of drug-likeness (QED) is 0.544. The molecule has 0 saturated heterocycles. The normalized spacial score (nSPS) is 11.2. The number of ether oxygens (including phenoxy) is 2. The first-order chi connectivity index (χ1) is 10.8. The smallest absolute Gasteiger partial charge is 0.308 e. The van der Waals surface area contributed by atoms with E-state index in [1.165, 1.54) is 31.2 Å². The summed E-state index contributed by atoms with van der Waals surface area (Å²) in [6.07, 6.45) is -0.347. The molecule has 0 bridgehead atoms. The molecule has 0 saturated carbocycles. The molecule has 8 heteroatoms. The highest BCUT2D eigenvalue weighted by molar-refractivity contribution is 5.98. The zero-order valence-electron chi connectivity index (χ0n) is 12.8. The van der Waals surface area contributed by atoms with Crippen LogP contribution in [0.2, 0.25) is 0 Å². The molecule has 1 aromatic rings. The van der Waals surface area contributed by atoms with Crippen molar-refractivity contribution in [2.45, 2.75) is 26.3 Å². The molecule has 1 aromatic carbocycles. The molecule has 0 fully saturated rings. The highest BCUT2D eigenvalue weighted by atomic mass is 16.5. The van der Waals surface area contributed by atoms with Gasteiger partial charge in [0.15, 0.2) is 0 Å². The first kappa shape index (κ1) is 18.1. The maximum Gasteiger partial charge on any atom is 0.308 e. The number of carbonyl (C=O) groups excluding carboxylic acids is 4. The van der Waals surface area contributed by atoms with E-state index in [2.05, 4.69) is 5.32 Å². The number of amides is 2. The van der Waals surface area contributed by atoms with Gasteiger partial charge in [0.25, 0.3) is 5.91 Å². The van der Waals surface area contributed by atoms with Gasteiger partial charge in [-0.2, -0.15) is 0 Å². The Morgan fingerprint density at radius 3 is 2.26 bits per heavy atom.